The second-order valence-corrected chi connectivity index (χ2v) is 17.0. The van der Waals surface area contributed by atoms with Gasteiger partial charge < -0.3 is 20.6 Å². The Balaban J connectivity index is 3.44. The van der Waals surface area contributed by atoms with Gasteiger partial charge in [0.1, 0.15) is 6.10 Å². The number of nitrogens with one attached hydrogen (secondary N) is 1. The number of unbranched alkanes of at least 4 members (excludes halogenated alkanes) is 37. The first kappa shape index (κ1) is 52.3. The third kappa shape index (κ3) is 39.4. The second kappa shape index (κ2) is 44.1. The van der Waals surface area contributed by atoms with Crippen molar-refractivity contribution in [3.05, 3.63) is 0 Å². The summed E-state index contributed by atoms with van der Waals surface area (Å²) in [7, 11) is 0. The summed E-state index contributed by atoms with van der Waals surface area (Å²) in [5.41, 5.74) is 0. The molecule has 0 saturated carbocycles. The summed E-state index contributed by atoms with van der Waals surface area (Å²) in [5, 5.41) is 33.2. The molecule has 0 aliphatic rings. The molecule has 4 N–H and O–H groups in total. The molecule has 5 nitrogen and oxygen atoms in total. The van der Waals surface area contributed by atoms with Crippen LogP contribution in [0.4, 0.5) is 0 Å². The summed E-state index contributed by atoms with van der Waals surface area (Å²) in [6.07, 6.45) is 51.4. The van der Waals surface area contributed by atoms with Crippen LogP contribution in [-0.4, -0.2) is 46.1 Å². The van der Waals surface area contributed by atoms with Gasteiger partial charge in [-0.05, 0) is 12.8 Å². The fourth-order valence-corrected chi connectivity index (χ4v) is 7.90. The zero-order valence-corrected chi connectivity index (χ0v) is 36.2. The third-order valence-corrected chi connectivity index (χ3v) is 11.7. The predicted molar refractivity (Wildman–Crippen MR) is 232 cm³/mol. The van der Waals surface area contributed by atoms with Gasteiger partial charge in [-0.25, -0.2) is 0 Å². The minimum absolute atomic E-state index is 0.309. The van der Waals surface area contributed by atoms with Crippen LogP contribution in [0, 0.1) is 0 Å². The highest BCUT2D eigenvalue weighted by atomic mass is 16.3. The van der Waals surface area contributed by atoms with Gasteiger partial charge in [-0.2, -0.15) is 0 Å². The van der Waals surface area contributed by atoms with Crippen LogP contribution >= 0.6 is 0 Å². The van der Waals surface area contributed by atoms with E-state index in [2.05, 4.69) is 19.2 Å². The summed E-state index contributed by atoms with van der Waals surface area (Å²) < 4.78 is 0. The van der Waals surface area contributed by atoms with Crippen molar-refractivity contribution in [2.24, 2.45) is 0 Å². The monoisotopic (exact) mass is 752 g/mol. The van der Waals surface area contributed by atoms with Gasteiger partial charge in [0, 0.05) is 0 Å². The van der Waals surface area contributed by atoms with Crippen LogP contribution < -0.4 is 5.32 Å². The fraction of sp³-hybridized carbons (Fsp3) is 0.979. The third-order valence-electron chi connectivity index (χ3n) is 11.7. The largest absolute Gasteiger partial charge is 0.394 e. The number of hydrogen-bond acceptors (Lipinski definition) is 4. The standard InChI is InChI=1S/C48H97NO4/c1-3-5-7-9-11-13-15-16-17-18-19-20-21-22-23-24-25-26-27-28-29-30-31-32-33-35-37-39-41-43-47(52)48(53)49-45(44-50)46(51)42-40-38-36-34-14-12-10-8-6-4-2/h45-47,50-52H,3-44H2,1-2H3,(H,49,53). The number of carbonyl (C=O) groups excluding carboxylic acids is 1. The SMILES string of the molecule is CCCCCCCCCCCCCCCCCCCCCCCCCCCCCCCC(O)C(=O)NC(CO)C(O)CCCCCCCCCCCC. The first-order valence-corrected chi connectivity index (χ1v) is 24.3. The van der Waals surface area contributed by atoms with Gasteiger partial charge in [0.05, 0.1) is 18.8 Å². The maximum atomic E-state index is 12.5. The molecule has 1 amide bonds. The van der Waals surface area contributed by atoms with E-state index in [1.807, 2.05) is 0 Å². The van der Waals surface area contributed by atoms with Crippen LogP contribution in [0.1, 0.15) is 277 Å². The van der Waals surface area contributed by atoms with Gasteiger partial charge in [0.25, 0.3) is 0 Å². The van der Waals surface area contributed by atoms with Crippen LogP contribution in [0.25, 0.3) is 0 Å². The lowest BCUT2D eigenvalue weighted by molar-refractivity contribution is -0.131. The average molecular weight is 752 g/mol. The molecule has 3 atom stereocenters. The van der Waals surface area contributed by atoms with E-state index in [0.717, 1.165) is 32.1 Å². The van der Waals surface area contributed by atoms with Gasteiger partial charge in [0.2, 0.25) is 5.91 Å². The van der Waals surface area contributed by atoms with E-state index in [9.17, 15) is 20.1 Å². The topological polar surface area (TPSA) is 89.8 Å². The predicted octanol–water partition coefficient (Wildman–Crippen LogP) is 14.2. The van der Waals surface area contributed by atoms with Crippen molar-refractivity contribution in [1.82, 2.24) is 5.32 Å². The zero-order valence-electron chi connectivity index (χ0n) is 36.2. The Bertz CT molecular complexity index is 703. The van der Waals surface area contributed by atoms with Gasteiger partial charge in [-0.3, -0.25) is 4.79 Å². The van der Waals surface area contributed by atoms with Crippen molar-refractivity contribution in [2.45, 2.75) is 295 Å². The lowest BCUT2D eigenvalue weighted by Gasteiger charge is -2.23. The van der Waals surface area contributed by atoms with Crippen molar-refractivity contribution >= 4 is 5.91 Å². The molecule has 5 heteroatoms. The van der Waals surface area contributed by atoms with Gasteiger partial charge in [-0.15, -0.1) is 0 Å². The molecule has 0 aromatic rings. The second-order valence-electron chi connectivity index (χ2n) is 17.0. The van der Waals surface area contributed by atoms with E-state index in [4.69, 9.17) is 0 Å². The van der Waals surface area contributed by atoms with Crippen molar-refractivity contribution in [2.75, 3.05) is 6.61 Å². The fourth-order valence-electron chi connectivity index (χ4n) is 7.90. The van der Waals surface area contributed by atoms with E-state index in [-0.39, 0.29) is 6.61 Å². The molecule has 0 radical (unpaired) electrons. The Hall–Kier alpha value is -0.650. The van der Waals surface area contributed by atoms with E-state index in [1.165, 1.54) is 218 Å². The molecule has 0 aromatic carbocycles. The lowest BCUT2D eigenvalue weighted by Crippen LogP contribution is -2.49. The van der Waals surface area contributed by atoms with Gasteiger partial charge in [-0.1, -0.05) is 264 Å². The number of aliphatic hydroxyl groups is 3. The first-order valence-electron chi connectivity index (χ1n) is 24.3. The number of amides is 1. The van der Waals surface area contributed by atoms with Crippen molar-refractivity contribution in [3.8, 4) is 0 Å². The summed E-state index contributed by atoms with van der Waals surface area (Å²) in [5.74, 6) is -0.466. The van der Waals surface area contributed by atoms with E-state index in [0.29, 0.717) is 12.8 Å². The van der Waals surface area contributed by atoms with E-state index < -0.39 is 24.2 Å². The lowest BCUT2D eigenvalue weighted by atomic mass is 10.0. The van der Waals surface area contributed by atoms with Crippen LogP contribution in [0.3, 0.4) is 0 Å². The first-order chi connectivity index (χ1) is 26.1. The van der Waals surface area contributed by atoms with Crippen LogP contribution in [0.15, 0.2) is 0 Å². The van der Waals surface area contributed by atoms with Crippen molar-refractivity contribution < 1.29 is 20.1 Å². The molecule has 0 bridgehead atoms. The van der Waals surface area contributed by atoms with Gasteiger partial charge in [0.15, 0.2) is 0 Å². The molecular weight excluding hydrogens is 655 g/mol. The Labute approximate surface area is 332 Å². The molecule has 3 unspecified atom stereocenters. The molecule has 0 spiro atoms. The Morgan fingerprint density at radius 2 is 0.604 bits per heavy atom. The maximum Gasteiger partial charge on any atom is 0.249 e. The smallest absolute Gasteiger partial charge is 0.249 e. The zero-order chi connectivity index (χ0) is 38.7. The molecule has 0 aliphatic carbocycles. The normalized spacial score (nSPS) is 13.4. The quantitative estimate of drug-likeness (QED) is 0.0466. The molecule has 318 valence electrons. The number of aliphatic hydroxyl groups excluding tert-OH is 3. The summed E-state index contributed by atoms with van der Waals surface area (Å²) in [4.78, 5) is 12.5. The summed E-state index contributed by atoms with van der Waals surface area (Å²) >= 11 is 0. The Morgan fingerprint density at radius 1 is 0.377 bits per heavy atom. The molecule has 0 aliphatic heterocycles. The summed E-state index contributed by atoms with van der Waals surface area (Å²) in [6, 6.07) is -0.704. The average Bonchev–Trinajstić information content (AvgIpc) is 3.16. The van der Waals surface area contributed by atoms with E-state index in [1.54, 1.807) is 0 Å². The molecular formula is C48H97NO4. The van der Waals surface area contributed by atoms with Crippen LogP contribution in [0.2, 0.25) is 0 Å². The Kier molecular flexibility index (Phi) is 43.5. The summed E-state index contributed by atoms with van der Waals surface area (Å²) in [6.45, 7) is 4.24. The number of hydrogen-bond donors (Lipinski definition) is 4. The molecule has 0 rings (SSSR count). The molecule has 0 heterocycles. The van der Waals surface area contributed by atoms with Gasteiger partial charge >= 0.3 is 0 Å². The van der Waals surface area contributed by atoms with E-state index >= 15 is 0 Å². The Morgan fingerprint density at radius 3 is 0.849 bits per heavy atom. The van der Waals surface area contributed by atoms with Crippen molar-refractivity contribution in [3.63, 3.8) is 0 Å². The van der Waals surface area contributed by atoms with Crippen molar-refractivity contribution in [1.29, 1.82) is 0 Å². The highest BCUT2D eigenvalue weighted by Gasteiger charge is 2.23. The minimum atomic E-state index is -1.07. The number of rotatable bonds is 45. The highest BCUT2D eigenvalue weighted by molar-refractivity contribution is 5.80. The minimum Gasteiger partial charge on any atom is -0.394 e. The molecule has 0 aromatic heterocycles. The van der Waals surface area contributed by atoms with Crippen LogP contribution in [-0.2, 0) is 4.79 Å². The highest BCUT2D eigenvalue weighted by Crippen LogP contribution is 2.18. The number of carbonyl (C=O) groups is 1. The maximum absolute atomic E-state index is 12.5. The molecule has 0 saturated heterocycles. The van der Waals surface area contributed by atoms with Crippen LogP contribution in [0.5, 0.6) is 0 Å². The molecule has 0 fully saturated rings. The molecule has 53 heavy (non-hydrogen) atoms.